The number of nitrogens with zero attached hydrogens (tertiary/aromatic N) is 4. The van der Waals surface area contributed by atoms with Crippen LogP contribution in [0.5, 0.6) is 0 Å². The minimum Gasteiger partial charge on any atom is -0.361 e. The zero-order chi connectivity index (χ0) is 18.2. The predicted octanol–water partition coefficient (Wildman–Crippen LogP) is 3.17. The first-order valence-electron chi connectivity index (χ1n) is 7.87. The number of hydrogen-bond acceptors (Lipinski definition) is 5. The van der Waals surface area contributed by atoms with Gasteiger partial charge in [0, 0.05) is 44.5 Å². The van der Waals surface area contributed by atoms with Crippen LogP contribution in [0.3, 0.4) is 0 Å². The highest BCUT2D eigenvalue weighted by Crippen LogP contribution is 2.31. The van der Waals surface area contributed by atoms with Crippen LogP contribution in [0.4, 0.5) is 23.4 Å². The SMILES string of the molecule is Cc1noc(C)c1CN1CCN(c2ncc(C(F)(F)F)cc2F)CC1. The lowest BCUT2D eigenvalue weighted by Crippen LogP contribution is -2.46. The molecule has 0 N–H and O–H groups in total. The molecule has 25 heavy (non-hydrogen) atoms. The highest BCUT2D eigenvalue weighted by atomic mass is 19.4. The van der Waals surface area contributed by atoms with Crippen molar-refractivity contribution in [3.05, 3.63) is 40.7 Å². The van der Waals surface area contributed by atoms with Gasteiger partial charge in [-0.05, 0) is 19.9 Å². The van der Waals surface area contributed by atoms with E-state index in [-0.39, 0.29) is 5.82 Å². The van der Waals surface area contributed by atoms with Crippen molar-refractivity contribution in [3.63, 3.8) is 0 Å². The number of aromatic nitrogens is 2. The second-order valence-corrected chi connectivity index (χ2v) is 6.09. The minimum atomic E-state index is -4.60. The average Bonchev–Trinajstić information content (AvgIpc) is 2.87. The van der Waals surface area contributed by atoms with Crippen LogP contribution in [0.25, 0.3) is 0 Å². The van der Waals surface area contributed by atoms with Crippen molar-refractivity contribution in [2.24, 2.45) is 0 Å². The Labute approximate surface area is 142 Å². The second-order valence-electron chi connectivity index (χ2n) is 6.09. The summed E-state index contributed by atoms with van der Waals surface area (Å²) in [4.78, 5) is 7.52. The molecule has 1 aliphatic heterocycles. The van der Waals surface area contributed by atoms with Crippen molar-refractivity contribution < 1.29 is 22.1 Å². The highest BCUT2D eigenvalue weighted by molar-refractivity contribution is 5.42. The molecule has 0 saturated carbocycles. The van der Waals surface area contributed by atoms with E-state index in [1.807, 2.05) is 13.8 Å². The standard InChI is InChI=1S/C16H18F4N4O/c1-10-13(11(2)25-22-10)9-23-3-5-24(6-4-23)15-14(17)7-12(8-21-15)16(18,19)20/h7-8H,3-6,9H2,1-2H3. The molecule has 0 unspecified atom stereocenters. The van der Waals surface area contributed by atoms with E-state index in [4.69, 9.17) is 4.52 Å². The van der Waals surface area contributed by atoms with E-state index >= 15 is 0 Å². The third kappa shape index (κ3) is 3.76. The molecule has 0 radical (unpaired) electrons. The van der Waals surface area contributed by atoms with Gasteiger partial charge in [-0.2, -0.15) is 13.2 Å². The van der Waals surface area contributed by atoms with Crippen LogP contribution in [-0.2, 0) is 12.7 Å². The van der Waals surface area contributed by atoms with Gasteiger partial charge in [-0.3, -0.25) is 4.90 Å². The van der Waals surface area contributed by atoms with Crippen molar-refractivity contribution in [3.8, 4) is 0 Å². The summed E-state index contributed by atoms with van der Waals surface area (Å²) in [5.41, 5.74) is 0.800. The first kappa shape index (κ1) is 17.7. The van der Waals surface area contributed by atoms with E-state index < -0.39 is 17.6 Å². The number of halogens is 4. The Morgan fingerprint density at radius 1 is 1.16 bits per heavy atom. The monoisotopic (exact) mass is 358 g/mol. The molecule has 0 spiro atoms. The van der Waals surface area contributed by atoms with Gasteiger partial charge in [0.25, 0.3) is 0 Å². The van der Waals surface area contributed by atoms with Gasteiger partial charge in [-0.25, -0.2) is 9.37 Å². The number of piperazine rings is 1. The third-order valence-electron chi connectivity index (χ3n) is 4.38. The number of pyridine rings is 1. The van der Waals surface area contributed by atoms with Crippen LogP contribution in [0.15, 0.2) is 16.8 Å². The van der Waals surface area contributed by atoms with E-state index in [1.165, 1.54) is 0 Å². The topological polar surface area (TPSA) is 45.4 Å². The van der Waals surface area contributed by atoms with Crippen LogP contribution < -0.4 is 4.90 Å². The van der Waals surface area contributed by atoms with Crippen LogP contribution >= 0.6 is 0 Å². The zero-order valence-corrected chi connectivity index (χ0v) is 13.9. The van der Waals surface area contributed by atoms with E-state index in [0.29, 0.717) is 45.0 Å². The fourth-order valence-corrected chi connectivity index (χ4v) is 2.89. The number of aryl methyl sites for hydroxylation is 2. The fraction of sp³-hybridized carbons (Fsp3) is 0.500. The van der Waals surface area contributed by atoms with E-state index in [0.717, 1.165) is 17.0 Å². The lowest BCUT2D eigenvalue weighted by atomic mass is 10.1. The summed E-state index contributed by atoms with van der Waals surface area (Å²) >= 11 is 0. The molecular weight excluding hydrogens is 340 g/mol. The van der Waals surface area contributed by atoms with Crippen molar-refractivity contribution in [1.82, 2.24) is 15.0 Å². The molecule has 5 nitrogen and oxygen atoms in total. The molecule has 0 aromatic carbocycles. The Bertz CT molecular complexity index is 732. The molecule has 3 rings (SSSR count). The maximum atomic E-state index is 14.0. The summed E-state index contributed by atoms with van der Waals surface area (Å²) in [5, 5.41) is 3.92. The summed E-state index contributed by atoms with van der Waals surface area (Å²) in [5.74, 6) is -0.214. The summed E-state index contributed by atoms with van der Waals surface area (Å²) in [7, 11) is 0. The zero-order valence-electron chi connectivity index (χ0n) is 13.9. The molecule has 1 aliphatic rings. The molecule has 2 aromatic rings. The lowest BCUT2D eigenvalue weighted by Gasteiger charge is -2.35. The summed E-state index contributed by atoms with van der Waals surface area (Å²) in [6, 6.07) is 0.499. The molecule has 1 fully saturated rings. The average molecular weight is 358 g/mol. The van der Waals surface area contributed by atoms with Gasteiger partial charge < -0.3 is 9.42 Å². The van der Waals surface area contributed by atoms with E-state index in [9.17, 15) is 17.6 Å². The van der Waals surface area contributed by atoms with Crippen LogP contribution in [0.2, 0.25) is 0 Å². The van der Waals surface area contributed by atoms with Gasteiger partial charge in [0.05, 0.1) is 11.3 Å². The minimum absolute atomic E-state index is 0.0370. The Hall–Kier alpha value is -2.16. The summed E-state index contributed by atoms with van der Waals surface area (Å²) in [6.45, 7) is 6.67. The molecule has 136 valence electrons. The third-order valence-corrected chi connectivity index (χ3v) is 4.38. The number of rotatable bonds is 3. The van der Waals surface area contributed by atoms with E-state index in [1.54, 1.807) is 4.90 Å². The van der Waals surface area contributed by atoms with Gasteiger partial charge in [0.2, 0.25) is 0 Å². The van der Waals surface area contributed by atoms with Crippen LogP contribution in [-0.4, -0.2) is 41.2 Å². The Morgan fingerprint density at radius 3 is 2.36 bits per heavy atom. The quantitative estimate of drug-likeness (QED) is 0.789. The molecule has 1 saturated heterocycles. The maximum absolute atomic E-state index is 14.0. The lowest BCUT2D eigenvalue weighted by molar-refractivity contribution is -0.138. The first-order chi connectivity index (χ1) is 11.8. The number of anilines is 1. The van der Waals surface area contributed by atoms with Crippen molar-refractivity contribution in [1.29, 1.82) is 0 Å². The number of alkyl halides is 3. The number of hydrogen-bond donors (Lipinski definition) is 0. The normalized spacial score (nSPS) is 16.5. The van der Waals surface area contributed by atoms with Crippen molar-refractivity contribution in [2.75, 3.05) is 31.1 Å². The predicted molar refractivity (Wildman–Crippen MR) is 82.7 cm³/mol. The van der Waals surface area contributed by atoms with Crippen LogP contribution in [0.1, 0.15) is 22.6 Å². The summed E-state index contributed by atoms with van der Waals surface area (Å²) < 4.78 is 57.0. The van der Waals surface area contributed by atoms with Gasteiger partial charge >= 0.3 is 6.18 Å². The molecule has 0 atom stereocenters. The maximum Gasteiger partial charge on any atom is 0.417 e. The molecule has 9 heteroatoms. The largest absolute Gasteiger partial charge is 0.417 e. The van der Waals surface area contributed by atoms with Gasteiger partial charge in [-0.1, -0.05) is 5.16 Å². The molecule has 0 amide bonds. The molecule has 0 aliphatic carbocycles. The van der Waals surface area contributed by atoms with Crippen molar-refractivity contribution in [2.45, 2.75) is 26.6 Å². The molecular formula is C16H18F4N4O. The smallest absolute Gasteiger partial charge is 0.361 e. The summed E-state index contributed by atoms with van der Waals surface area (Å²) in [6.07, 6.45) is -3.92. The van der Waals surface area contributed by atoms with Crippen molar-refractivity contribution >= 4 is 5.82 Å². The molecule has 2 aromatic heterocycles. The van der Waals surface area contributed by atoms with Gasteiger partial charge in [0.15, 0.2) is 11.6 Å². The van der Waals surface area contributed by atoms with Gasteiger partial charge in [0.1, 0.15) is 5.76 Å². The second kappa shape index (κ2) is 6.62. The highest BCUT2D eigenvalue weighted by Gasteiger charge is 2.32. The Kier molecular flexibility index (Phi) is 4.68. The fourth-order valence-electron chi connectivity index (χ4n) is 2.89. The first-order valence-corrected chi connectivity index (χ1v) is 7.87. The Morgan fingerprint density at radius 2 is 1.84 bits per heavy atom. The molecule has 0 bridgehead atoms. The van der Waals surface area contributed by atoms with Gasteiger partial charge in [-0.15, -0.1) is 0 Å². The van der Waals surface area contributed by atoms with Crippen LogP contribution in [0, 0.1) is 19.7 Å². The Balaban J connectivity index is 1.64. The van der Waals surface area contributed by atoms with E-state index in [2.05, 4.69) is 15.0 Å². The molecule has 3 heterocycles.